The van der Waals surface area contributed by atoms with Crippen molar-refractivity contribution in [3.63, 3.8) is 0 Å². The van der Waals surface area contributed by atoms with Crippen molar-refractivity contribution in [1.29, 1.82) is 0 Å². The van der Waals surface area contributed by atoms with Gasteiger partial charge in [0.15, 0.2) is 0 Å². The lowest BCUT2D eigenvalue weighted by Gasteiger charge is -2.14. The molecule has 0 radical (unpaired) electrons. The molecule has 0 aromatic carbocycles. The third-order valence-corrected chi connectivity index (χ3v) is 3.34. The summed E-state index contributed by atoms with van der Waals surface area (Å²) in [4.78, 5) is 10.3. The van der Waals surface area contributed by atoms with E-state index in [1.807, 2.05) is 0 Å². The zero-order chi connectivity index (χ0) is 11.9. The Morgan fingerprint density at radius 3 is 2.56 bits per heavy atom. The second kappa shape index (κ2) is 6.86. The van der Waals surface area contributed by atoms with Crippen molar-refractivity contribution in [2.75, 3.05) is 19.7 Å². The van der Waals surface area contributed by atoms with E-state index in [9.17, 15) is 4.79 Å². The number of carboxylic acids is 1. The van der Waals surface area contributed by atoms with Crippen LogP contribution in [0.2, 0.25) is 0 Å². The number of hydrogen-bond donors (Lipinski definition) is 3. The molecule has 1 aliphatic carbocycles. The van der Waals surface area contributed by atoms with Crippen molar-refractivity contribution >= 4 is 5.97 Å². The molecule has 0 aliphatic heterocycles. The molecule has 3 N–H and O–H groups in total. The van der Waals surface area contributed by atoms with Crippen molar-refractivity contribution in [1.82, 2.24) is 5.32 Å². The Morgan fingerprint density at radius 2 is 2.00 bits per heavy atom. The smallest absolute Gasteiger partial charge is 0.303 e. The van der Waals surface area contributed by atoms with Crippen LogP contribution in [0.3, 0.4) is 0 Å². The van der Waals surface area contributed by atoms with E-state index in [0.29, 0.717) is 12.0 Å². The van der Waals surface area contributed by atoms with Gasteiger partial charge in [-0.1, -0.05) is 6.42 Å². The van der Waals surface area contributed by atoms with Crippen LogP contribution in [-0.4, -0.2) is 35.9 Å². The van der Waals surface area contributed by atoms with Crippen LogP contribution in [0, 0.1) is 5.41 Å². The molecule has 4 nitrogen and oxygen atoms in total. The first-order valence-electron chi connectivity index (χ1n) is 6.22. The highest BCUT2D eigenvalue weighted by Gasteiger charge is 2.40. The summed E-state index contributed by atoms with van der Waals surface area (Å²) >= 11 is 0. The first-order valence-corrected chi connectivity index (χ1v) is 6.22. The molecule has 0 bridgehead atoms. The molecule has 0 atom stereocenters. The summed E-state index contributed by atoms with van der Waals surface area (Å²) in [5.74, 6) is -0.701. The van der Waals surface area contributed by atoms with E-state index >= 15 is 0 Å². The zero-order valence-corrected chi connectivity index (χ0v) is 9.87. The SMILES string of the molecule is O=C(O)CCCCCNCC1(CCO)CC1. The van der Waals surface area contributed by atoms with Gasteiger partial charge in [0.1, 0.15) is 0 Å². The summed E-state index contributed by atoms with van der Waals surface area (Å²) in [5.41, 5.74) is 0.385. The van der Waals surface area contributed by atoms with Gasteiger partial charge in [-0.3, -0.25) is 4.79 Å². The third kappa shape index (κ3) is 5.47. The maximum absolute atomic E-state index is 10.3. The van der Waals surface area contributed by atoms with Crippen LogP contribution < -0.4 is 5.32 Å². The van der Waals surface area contributed by atoms with Gasteiger partial charge >= 0.3 is 5.97 Å². The minimum atomic E-state index is -0.701. The van der Waals surface area contributed by atoms with Gasteiger partial charge in [0.25, 0.3) is 0 Å². The fourth-order valence-electron chi connectivity index (χ4n) is 1.99. The van der Waals surface area contributed by atoms with E-state index < -0.39 is 5.97 Å². The molecular formula is C12H23NO3. The molecule has 0 heterocycles. The highest BCUT2D eigenvalue weighted by atomic mass is 16.4. The number of rotatable bonds is 10. The Labute approximate surface area is 97.0 Å². The molecule has 1 aliphatic rings. The van der Waals surface area contributed by atoms with Gasteiger partial charge < -0.3 is 15.5 Å². The molecule has 0 aromatic heterocycles. The molecule has 0 saturated heterocycles. The largest absolute Gasteiger partial charge is 0.481 e. The van der Waals surface area contributed by atoms with Crippen LogP contribution in [0.5, 0.6) is 0 Å². The summed E-state index contributed by atoms with van der Waals surface area (Å²) in [6.07, 6.45) is 6.47. The van der Waals surface area contributed by atoms with Crippen molar-refractivity contribution in [2.24, 2.45) is 5.41 Å². The van der Waals surface area contributed by atoms with Gasteiger partial charge in [-0.05, 0) is 44.1 Å². The van der Waals surface area contributed by atoms with E-state index in [0.717, 1.165) is 38.8 Å². The van der Waals surface area contributed by atoms with E-state index in [-0.39, 0.29) is 6.42 Å². The maximum Gasteiger partial charge on any atom is 0.303 e. The highest BCUT2D eigenvalue weighted by Crippen LogP contribution is 2.47. The third-order valence-electron chi connectivity index (χ3n) is 3.34. The molecule has 0 unspecified atom stereocenters. The number of unbranched alkanes of at least 4 members (excludes halogenated alkanes) is 2. The standard InChI is InChI=1S/C12H23NO3/c14-9-7-12(5-6-12)10-13-8-3-1-2-4-11(15)16/h13-14H,1-10H2,(H,15,16). The summed E-state index contributed by atoms with van der Waals surface area (Å²) in [7, 11) is 0. The van der Waals surface area contributed by atoms with Crippen LogP contribution >= 0.6 is 0 Å². The van der Waals surface area contributed by atoms with E-state index in [2.05, 4.69) is 5.32 Å². The van der Waals surface area contributed by atoms with Crippen molar-refractivity contribution in [3.05, 3.63) is 0 Å². The summed E-state index contributed by atoms with van der Waals surface area (Å²) < 4.78 is 0. The van der Waals surface area contributed by atoms with Crippen LogP contribution in [0.4, 0.5) is 0 Å². The molecule has 1 rings (SSSR count). The number of carbonyl (C=O) groups is 1. The normalized spacial score (nSPS) is 17.3. The van der Waals surface area contributed by atoms with Crippen LogP contribution in [0.25, 0.3) is 0 Å². The predicted octanol–water partition coefficient (Wildman–Crippen LogP) is 1.38. The molecule has 16 heavy (non-hydrogen) atoms. The fourth-order valence-corrected chi connectivity index (χ4v) is 1.99. The van der Waals surface area contributed by atoms with Gasteiger partial charge in [0, 0.05) is 19.6 Å². The quantitative estimate of drug-likeness (QED) is 0.495. The average molecular weight is 229 g/mol. The van der Waals surface area contributed by atoms with E-state index in [4.69, 9.17) is 10.2 Å². The Kier molecular flexibility index (Phi) is 5.77. The van der Waals surface area contributed by atoms with E-state index in [1.165, 1.54) is 12.8 Å². The van der Waals surface area contributed by atoms with Gasteiger partial charge in [-0.15, -0.1) is 0 Å². The number of nitrogens with one attached hydrogen (secondary N) is 1. The highest BCUT2D eigenvalue weighted by molar-refractivity contribution is 5.66. The minimum Gasteiger partial charge on any atom is -0.481 e. The number of aliphatic hydroxyl groups excluding tert-OH is 1. The molecule has 0 amide bonds. The van der Waals surface area contributed by atoms with Crippen LogP contribution in [0.15, 0.2) is 0 Å². The Bertz CT molecular complexity index is 214. The summed E-state index contributed by atoms with van der Waals surface area (Å²) in [6.45, 7) is 2.26. The molecule has 94 valence electrons. The van der Waals surface area contributed by atoms with Crippen molar-refractivity contribution in [3.8, 4) is 0 Å². The lowest BCUT2D eigenvalue weighted by molar-refractivity contribution is -0.137. The van der Waals surface area contributed by atoms with Gasteiger partial charge in [0.05, 0.1) is 0 Å². The lowest BCUT2D eigenvalue weighted by Crippen LogP contribution is -2.25. The Balaban J connectivity index is 1.87. The van der Waals surface area contributed by atoms with E-state index in [1.54, 1.807) is 0 Å². The first kappa shape index (κ1) is 13.5. The molecule has 1 saturated carbocycles. The summed E-state index contributed by atoms with van der Waals surface area (Å²) in [6, 6.07) is 0. The number of carboxylic acid groups (broad SMARTS) is 1. The van der Waals surface area contributed by atoms with Crippen LogP contribution in [0.1, 0.15) is 44.9 Å². The van der Waals surface area contributed by atoms with Crippen molar-refractivity contribution < 1.29 is 15.0 Å². The average Bonchev–Trinajstić information content (AvgIpc) is 2.97. The second-order valence-electron chi connectivity index (χ2n) is 4.85. The minimum absolute atomic E-state index is 0.286. The van der Waals surface area contributed by atoms with Gasteiger partial charge in [0.2, 0.25) is 0 Å². The molecular weight excluding hydrogens is 206 g/mol. The molecule has 0 aromatic rings. The summed E-state index contributed by atoms with van der Waals surface area (Å²) in [5, 5.41) is 20.7. The Morgan fingerprint density at radius 1 is 1.25 bits per heavy atom. The fraction of sp³-hybridized carbons (Fsp3) is 0.917. The molecule has 4 heteroatoms. The lowest BCUT2D eigenvalue weighted by atomic mass is 10.0. The predicted molar refractivity (Wildman–Crippen MR) is 62.3 cm³/mol. The monoisotopic (exact) mass is 229 g/mol. The first-order chi connectivity index (χ1) is 7.68. The second-order valence-corrected chi connectivity index (χ2v) is 4.85. The zero-order valence-electron chi connectivity index (χ0n) is 9.87. The Hall–Kier alpha value is -0.610. The number of aliphatic carboxylic acids is 1. The topological polar surface area (TPSA) is 69.6 Å². The van der Waals surface area contributed by atoms with Crippen molar-refractivity contribution in [2.45, 2.75) is 44.9 Å². The maximum atomic E-state index is 10.3. The molecule has 0 spiro atoms. The van der Waals surface area contributed by atoms with Gasteiger partial charge in [-0.2, -0.15) is 0 Å². The molecule has 1 fully saturated rings. The van der Waals surface area contributed by atoms with Crippen LogP contribution in [-0.2, 0) is 4.79 Å². The number of aliphatic hydroxyl groups is 1. The van der Waals surface area contributed by atoms with Gasteiger partial charge in [-0.25, -0.2) is 0 Å². The number of hydrogen-bond acceptors (Lipinski definition) is 3.